The summed E-state index contributed by atoms with van der Waals surface area (Å²) in [6, 6.07) is 3.70. The first kappa shape index (κ1) is 10.2. The van der Waals surface area contributed by atoms with Crippen molar-refractivity contribution < 1.29 is 9.53 Å². The fourth-order valence-corrected chi connectivity index (χ4v) is 1.04. The Hall–Kier alpha value is -1.89. The first-order valence-electron chi connectivity index (χ1n) is 4.10. The molecule has 1 rings (SSSR count). The van der Waals surface area contributed by atoms with Crippen LogP contribution < -0.4 is 0 Å². The van der Waals surface area contributed by atoms with Gasteiger partial charge >= 0.3 is 5.97 Å². The van der Waals surface area contributed by atoms with Gasteiger partial charge in [0.2, 0.25) is 0 Å². The molecule has 0 atom stereocenters. The molecule has 14 heavy (non-hydrogen) atoms. The number of methoxy groups -OCH3 is 1. The monoisotopic (exact) mass is 190 g/mol. The van der Waals surface area contributed by atoms with Crippen LogP contribution in [-0.2, 0) is 16.0 Å². The Labute approximate surface area is 82.1 Å². The number of ether oxygens (including phenoxy) is 1. The molecule has 4 heteroatoms. The second kappa shape index (κ2) is 4.38. The van der Waals surface area contributed by atoms with Gasteiger partial charge in [-0.1, -0.05) is 0 Å². The van der Waals surface area contributed by atoms with Crippen molar-refractivity contribution in [2.45, 2.75) is 13.3 Å². The minimum atomic E-state index is -0.391. The lowest BCUT2D eigenvalue weighted by molar-refractivity contribution is -0.139. The van der Waals surface area contributed by atoms with E-state index in [4.69, 9.17) is 5.26 Å². The Morgan fingerprint density at radius 1 is 1.71 bits per heavy atom. The topological polar surface area (TPSA) is 63.0 Å². The van der Waals surface area contributed by atoms with Crippen molar-refractivity contribution in [1.82, 2.24) is 4.98 Å². The van der Waals surface area contributed by atoms with E-state index in [-0.39, 0.29) is 6.42 Å². The maximum atomic E-state index is 11.0. The maximum absolute atomic E-state index is 11.0. The number of aryl methyl sites for hydroxylation is 1. The molecule has 1 heterocycles. The highest BCUT2D eigenvalue weighted by atomic mass is 16.5. The van der Waals surface area contributed by atoms with Crippen molar-refractivity contribution in [3.8, 4) is 6.07 Å². The number of hydrogen-bond acceptors (Lipinski definition) is 4. The Kier molecular flexibility index (Phi) is 3.19. The first-order chi connectivity index (χ1) is 6.67. The van der Waals surface area contributed by atoms with Gasteiger partial charge < -0.3 is 4.74 Å². The molecule has 0 aliphatic carbocycles. The average Bonchev–Trinajstić information content (AvgIpc) is 2.20. The van der Waals surface area contributed by atoms with Gasteiger partial charge in [0.1, 0.15) is 6.07 Å². The number of carbonyl (C=O) groups excluding carboxylic acids is 1. The van der Waals surface area contributed by atoms with Crippen LogP contribution in [-0.4, -0.2) is 18.1 Å². The van der Waals surface area contributed by atoms with Gasteiger partial charge in [-0.15, -0.1) is 0 Å². The van der Waals surface area contributed by atoms with E-state index >= 15 is 0 Å². The zero-order valence-electron chi connectivity index (χ0n) is 8.07. The number of nitrogens with zero attached hydrogens (tertiary/aromatic N) is 2. The second-order valence-electron chi connectivity index (χ2n) is 2.87. The summed E-state index contributed by atoms with van der Waals surface area (Å²) in [5.74, 6) is -0.391. The molecule has 0 aromatic carbocycles. The summed E-state index contributed by atoms with van der Waals surface area (Å²) in [7, 11) is 1.31. The summed E-state index contributed by atoms with van der Waals surface area (Å²) >= 11 is 0. The largest absolute Gasteiger partial charge is 0.469 e. The molecular weight excluding hydrogens is 180 g/mol. The van der Waals surface area contributed by atoms with Gasteiger partial charge in [-0.3, -0.25) is 9.78 Å². The molecule has 0 amide bonds. The smallest absolute Gasteiger partial charge is 0.311 e. The Morgan fingerprint density at radius 2 is 2.43 bits per heavy atom. The summed E-state index contributed by atoms with van der Waals surface area (Å²) in [6.45, 7) is 1.84. The summed E-state index contributed by atoms with van der Waals surface area (Å²) in [5, 5.41) is 8.79. The van der Waals surface area contributed by atoms with Gasteiger partial charge in [-0.2, -0.15) is 5.26 Å². The molecule has 0 saturated heterocycles. The van der Waals surface area contributed by atoms with E-state index < -0.39 is 5.97 Å². The van der Waals surface area contributed by atoms with Crippen LogP contribution in [0.5, 0.6) is 0 Å². The van der Waals surface area contributed by atoms with Crippen molar-refractivity contribution in [3.05, 3.63) is 29.1 Å². The summed E-state index contributed by atoms with van der Waals surface area (Å²) in [6.07, 6.45) is 1.67. The number of aromatic nitrogens is 1. The number of hydrogen-bond donors (Lipinski definition) is 0. The minimum Gasteiger partial charge on any atom is -0.469 e. The maximum Gasteiger partial charge on any atom is 0.311 e. The van der Waals surface area contributed by atoms with Gasteiger partial charge in [-0.05, 0) is 18.6 Å². The van der Waals surface area contributed by atoms with Crippen molar-refractivity contribution in [1.29, 1.82) is 5.26 Å². The molecule has 0 fully saturated rings. The highest BCUT2D eigenvalue weighted by molar-refractivity contribution is 5.72. The van der Waals surface area contributed by atoms with E-state index in [1.165, 1.54) is 7.11 Å². The van der Waals surface area contributed by atoms with Gasteiger partial charge in [0.15, 0.2) is 0 Å². The molecule has 0 aliphatic rings. The number of rotatable bonds is 2. The van der Waals surface area contributed by atoms with Crippen LogP contribution in [0.1, 0.15) is 16.8 Å². The van der Waals surface area contributed by atoms with Crippen LogP contribution in [0.4, 0.5) is 0 Å². The molecule has 0 saturated carbocycles. The van der Waals surface area contributed by atoms with Crippen molar-refractivity contribution in [3.63, 3.8) is 0 Å². The molecule has 0 radical (unpaired) electrons. The second-order valence-corrected chi connectivity index (χ2v) is 2.87. The van der Waals surface area contributed by atoms with Crippen LogP contribution >= 0.6 is 0 Å². The SMILES string of the molecule is COC(=O)Cc1ncc(C)cc1C#N. The predicted octanol–water partition coefficient (Wildman–Crippen LogP) is 0.977. The molecule has 72 valence electrons. The minimum absolute atomic E-state index is 0.0413. The van der Waals surface area contributed by atoms with Crippen molar-refractivity contribution >= 4 is 5.97 Å². The highest BCUT2D eigenvalue weighted by Gasteiger charge is 2.09. The highest BCUT2D eigenvalue weighted by Crippen LogP contribution is 2.08. The normalized spacial score (nSPS) is 9.21. The molecule has 0 unspecified atom stereocenters. The van der Waals surface area contributed by atoms with Crippen LogP contribution in [0.15, 0.2) is 12.3 Å². The third kappa shape index (κ3) is 2.30. The fraction of sp³-hybridized carbons (Fsp3) is 0.300. The third-order valence-electron chi connectivity index (χ3n) is 1.77. The molecule has 1 aromatic rings. The Balaban J connectivity index is 2.98. The van der Waals surface area contributed by atoms with Crippen molar-refractivity contribution in [2.75, 3.05) is 7.11 Å². The quantitative estimate of drug-likeness (QED) is 0.652. The summed E-state index contributed by atoms with van der Waals surface area (Å²) < 4.78 is 4.50. The molecule has 0 spiro atoms. The van der Waals surface area contributed by atoms with E-state index in [0.29, 0.717) is 11.3 Å². The summed E-state index contributed by atoms with van der Waals surface area (Å²) in [5.41, 5.74) is 1.79. The fourth-order valence-electron chi connectivity index (χ4n) is 1.04. The molecule has 1 aromatic heterocycles. The van der Waals surface area contributed by atoms with Gasteiger partial charge in [0.25, 0.3) is 0 Å². The molecule has 0 N–H and O–H groups in total. The zero-order chi connectivity index (χ0) is 10.6. The molecular formula is C10H10N2O2. The molecule has 0 aliphatic heterocycles. The number of carbonyl (C=O) groups is 1. The van der Waals surface area contributed by atoms with Crippen LogP contribution in [0.25, 0.3) is 0 Å². The average molecular weight is 190 g/mol. The van der Waals surface area contributed by atoms with E-state index in [1.807, 2.05) is 13.0 Å². The molecule has 0 bridgehead atoms. The lowest BCUT2D eigenvalue weighted by atomic mass is 10.1. The van der Waals surface area contributed by atoms with E-state index in [2.05, 4.69) is 9.72 Å². The third-order valence-corrected chi connectivity index (χ3v) is 1.77. The molecule has 4 nitrogen and oxygen atoms in total. The van der Waals surface area contributed by atoms with E-state index in [0.717, 1.165) is 5.56 Å². The van der Waals surface area contributed by atoms with Crippen LogP contribution in [0.3, 0.4) is 0 Å². The van der Waals surface area contributed by atoms with Gasteiger partial charge in [0.05, 0.1) is 24.8 Å². The summed E-state index contributed by atoms with van der Waals surface area (Å²) in [4.78, 5) is 15.0. The lowest BCUT2D eigenvalue weighted by Gasteiger charge is -2.02. The van der Waals surface area contributed by atoms with E-state index in [1.54, 1.807) is 12.3 Å². The Morgan fingerprint density at radius 3 is 3.00 bits per heavy atom. The standard InChI is InChI=1S/C10H10N2O2/c1-7-3-8(5-11)9(12-6-7)4-10(13)14-2/h3,6H,4H2,1-2H3. The predicted molar refractivity (Wildman–Crippen MR) is 49.4 cm³/mol. The zero-order valence-corrected chi connectivity index (χ0v) is 8.07. The Bertz CT molecular complexity index is 394. The first-order valence-corrected chi connectivity index (χ1v) is 4.10. The van der Waals surface area contributed by atoms with Gasteiger partial charge in [-0.25, -0.2) is 0 Å². The number of esters is 1. The number of nitriles is 1. The van der Waals surface area contributed by atoms with Gasteiger partial charge in [0, 0.05) is 6.20 Å². The van der Waals surface area contributed by atoms with E-state index in [9.17, 15) is 4.79 Å². The van der Waals surface area contributed by atoms with Crippen LogP contribution in [0.2, 0.25) is 0 Å². The number of pyridine rings is 1. The van der Waals surface area contributed by atoms with Crippen molar-refractivity contribution in [2.24, 2.45) is 0 Å². The lowest BCUT2D eigenvalue weighted by Crippen LogP contribution is -2.08. The van der Waals surface area contributed by atoms with Crippen LogP contribution in [0, 0.1) is 18.3 Å².